The summed E-state index contributed by atoms with van der Waals surface area (Å²) in [7, 11) is 0. The summed E-state index contributed by atoms with van der Waals surface area (Å²) < 4.78 is 4.75. The highest BCUT2D eigenvalue weighted by atomic mass is 35.5. The summed E-state index contributed by atoms with van der Waals surface area (Å²) in [5.74, 6) is 0. The molecule has 0 atom stereocenters. The van der Waals surface area contributed by atoms with Gasteiger partial charge in [0.1, 0.15) is 5.52 Å². The predicted octanol–water partition coefficient (Wildman–Crippen LogP) is 3.93. The highest BCUT2D eigenvalue weighted by molar-refractivity contribution is 7.71. The molecular weight excluding hydrogens is 292 g/mol. The fourth-order valence-electron chi connectivity index (χ4n) is 2.45. The van der Waals surface area contributed by atoms with Crippen LogP contribution in [0.4, 0.5) is 0 Å². The largest absolute Gasteiger partial charge is 0.328 e. The van der Waals surface area contributed by atoms with E-state index in [9.17, 15) is 0 Å². The number of aromatic amines is 1. The average Bonchev–Trinajstić information content (AvgIpc) is 2.89. The lowest BCUT2D eigenvalue weighted by atomic mass is 10.2. The standard InChI is InChI=1S/C14H15ClN4S/c1-3-19-13-12(9(2)17-19)16-14(20)18(13)8-10-5-4-6-11(15)7-10/h4-7H,3,8H2,1-2H3,(H,16,20). The lowest BCUT2D eigenvalue weighted by molar-refractivity contribution is 0.643. The number of H-pyrrole nitrogens is 1. The summed E-state index contributed by atoms with van der Waals surface area (Å²) in [5.41, 5.74) is 4.14. The number of nitrogens with zero attached hydrogens (tertiary/aromatic N) is 3. The van der Waals surface area contributed by atoms with Gasteiger partial charge >= 0.3 is 0 Å². The normalized spacial score (nSPS) is 11.3. The zero-order chi connectivity index (χ0) is 14.3. The van der Waals surface area contributed by atoms with E-state index in [1.165, 1.54) is 0 Å². The van der Waals surface area contributed by atoms with Gasteiger partial charge in [0.2, 0.25) is 0 Å². The van der Waals surface area contributed by atoms with Crippen LogP contribution >= 0.6 is 23.8 Å². The first-order valence-corrected chi connectivity index (χ1v) is 7.29. The van der Waals surface area contributed by atoms with Gasteiger partial charge in [-0.05, 0) is 43.8 Å². The third-order valence-corrected chi connectivity index (χ3v) is 3.92. The van der Waals surface area contributed by atoms with E-state index < -0.39 is 0 Å². The van der Waals surface area contributed by atoms with Gasteiger partial charge in [-0.1, -0.05) is 23.7 Å². The van der Waals surface area contributed by atoms with Crippen LogP contribution in [0, 0.1) is 11.7 Å². The highest BCUT2D eigenvalue weighted by Gasteiger charge is 2.14. The first-order valence-electron chi connectivity index (χ1n) is 6.50. The van der Waals surface area contributed by atoms with E-state index in [-0.39, 0.29) is 0 Å². The molecule has 2 heterocycles. The number of benzene rings is 1. The van der Waals surface area contributed by atoms with Gasteiger partial charge in [-0.15, -0.1) is 0 Å². The van der Waals surface area contributed by atoms with Crippen molar-refractivity contribution in [2.75, 3.05) is 0 Å². The Morgan fingerprint density at radius 2 is 2.20 bits per heavy atom. The third-order valence-electron chi connectivity index (χ3n) is 3.36. The van der Waals surface area contributed by atoms with Gasteiger partial charge in [-0.2, -0.15) is 5.10 Å². The minimum absolute atomic E-state index is 0.685. The first-order chi connectivity index (χ1) is 9.60. The molecule has 1 aromatic carbocycles. The fourth-order valence-corrected chi connectivity index (χ4v) is 2.91. The molecule has 1 N–H and O–H groups in total. The molecule has 104 valence electrons. The van der Waals surface area contributed by atoms with Crippen molar-refractivity contribution in [2.24, 2.45) is 0 Å². The van der Waals surface area contributed by atoms with Crippen molar-refractivity contribution in [3.8, 4) is 0 Å². The first kappa shape index (κ1) is 13.4. The predicted molar refractivity (Wildman–Crippen MR) is 83.9 cm³/mol. The third kappa shape index (κ3) is 2.17. The van der Waals surface area contributed by atoms with Crippen LogP contribution in [0.5, 0.6) is 0 Å². The lowest BCUT2D eigenvalue weighted by Gasteiger charge is -2.06. The Bertz CT molecular complexity index is 827. The molecule has 3 rings (SSSR count). The molecule has 0 saturated heterocycles. The maximum absolute atomic E-state index is 6.05. The van der Waals surface area contributed by atoms with Gasteiger partial charge in [0, 0.05) is 11.6 Å². The molecular formula is C14H15ClN4S. The molecule has 0 fully saturated rings. The molecule has 3 aromatic rings. The molecule has 0 bridgehead atoms. The van der Waals surface area contributed by atoms with Gasteiger partial charge in [-0.25, -0.2) is 4.68 Å². The van der Waals surface area contributed by atoms with Crippen molar-refractivity contribution in [3.05, 3.63) is 45.3 Å². The molecule has 6 heteroatoms. The Hall–Kier alpha value is -1.59. The van der Waals surface area contributed by atoms with Crippen molar-refractivity contribution < 1.29 is 0 Å². The molecule has 0 saturated carbocycles. The SMILES string of the molecule is CCn1nc(C)c2[nH]c(=S)n(Cc3cccc(Cl)c3)c21. The van der Waals surface area contributed by atoms with Crippen LogP contribution in [0.2, 0.25) is 5.02 Å². The average molecular weight is 307 g/mol. The molecule has 0 aliphatic carbocycles. The number of hydrogen-bond donors (Lipinski definition) is 1. The van der Waals surface area contributed by atoms with Crippen LogP contribution < -0.4 is 0 Å². The van der Waals surface area contributed by atoms with E-state index >= 15 is 0 Å². The van der Waals surface area contributed by atoms with Crippen LogP contribution in [-0.4, -0.2) is 19.3 Å². The number of hydrogen-bond acceptors (Lipinski definition) is 2. The van der Waals surface area contributed by atoms with Crippen LogP contribution in [-0.2, 0) is 13.1 Å². The van der Waals surface area contributed by atoms with E-state index in [4.69, 9.17) is 23.8 Å². The highest BCUT2D eigenvalue weighted by Crippen LogP contribution is 2.20. The molecule has 0 amide bonds. The number of aryl methyl sites for hydroxylation is 2. The van der Waals surface area contributed by atoms with Crippen molar-refractivity contribution in [3.63, 3.8) is 0 Å². The maximum Gasteiger partial charge on any atom is 0.179 e. The summed E-state index contributed by atoms with van der Waals surface area (Å²) in [6.45, 7) is 5.56. The molecule has 0 unspecified atom stereocenters. The molecule has 0 aliphatic rings. The lowest BCUT2D eigenvalue weighted by Crippen LogP contribution is -2.06. The summed E-state index contributed by atoms with van der Waals surface area (Å²) in [4.78, 5) is 3.25. The number of imidazole rings is 1. The Morgan fingerprint density at radius 3 is 2.90 bits per heavy atom. The van der Waals surface area contributed by atoms with E-state index in [1.807, 2.05) is 35.9 Å². The Labute approximate surface area is 127 Å². The Morgan fingerprint density at radius 1 is 1.40 bits per heavy atom. The van der Waals surface area contributed by atoms with Crippen molar-refractivity contribution in [1.29, 1.82) is 0 Å². The van der Waals surface area contributed by atoms with E-state index in [2.05, 4.69) is 21.6 Å². The molecule has 2 aromatic heterocycles. The van der Waals surface area contributed by atoms with Gasteiger partial charge in [0.15, 0.2) is 10.4 Å². The second-order valence-corrected chi connectivity index (χ2v) is 5.57. The fraction of sp³-hybridized carbons (Fsp3) is 0.286. The summed E-state index contributed by atoms with van der Waals surface area (Å²) >= 11 is 11.5. The van der Waals surface area contributed by atoms with Crippen molar-refractivity contribution >= 4 is 35.0 Å². The maximum atomic E-state index is 6.05. The summed E-state index contributed by atoms with van der Waals surface area (Å²) in [6.07, 6.45) is 0. The second-order valence-electron chi connectivity index (χ2n) is 4.75. The van der Waals surface area contributed by atoms with E-state index in [0.717, 1.165) is 34.0 Å². The van der Waals surface area contributed by atoms with Crippen molar-refractivity contribution in [1.82, 2.24) is 19.3 Å². The molecule has 0 aliphatic heterocycles. The topological polar surface area (TPSA) is 38.5 Å². The zero-order valence-corrected chi connectivity index (χ0v) is 12.9. The summed E-state index contributed by atoms with van der Waals surface area (Å²) in [6, 6.07) is 7.83. The monoisotopic (exact) mass is 306 g/mol. The molecule has 20 heavy (non-hydrogen) atoms. The van der Waals surface area contributed by atoms with E-state index in [1.54, 1.807) is 0 Å². The van der Waals surface area contributed by atoms with Gasteiger partial charge in [0.25, 0.3) is 0 Å². The summed E-state index contributed by atoms with van der Waals surface area (Å²) in [5, 5.41) is 5.26. The Balaban J connectivity index is 2.16. The van der Waals surface area contributed by atoms with Gasteiger partial charge in [-0.3, -0.25) is 4.57 Å². The van der Waals surface area contributed by atoms with Crippen LogP contribution in [0.3, 0.4) is 0 Å². The van der Waals surface area contributed by atoms with Crippen LogP contribution in [0.15, 0.2) is 24.3 Å². The van der Waals surface area contributed by atoms with Crippen LogP contribution in [0.25, 0.3) is 11.2 Å². The van der Waals surface area contributed by atoms with Gasteiger partial charge < -0.3 is 4.98 Å². The molecule has 0 spiro atoms. The minimum Gasteiger partial charge on any atom is -0.328 e. The number of rotatable bonds is 3. The Kier molecular flexibility index (Phi) is 3.40. The zero-order valence-electron chi connectivity index (χ0n) is 11.4. The van der Waals surface area contributed by atoms with Gasteiger partial charge in [0.05, 0.1) is 12.2 Å². The number of fused-ring (bicyclic) bond motifs is 1. The molecule has 0 radical (unpaired) electrons. The van der Waals surface area contributed by atoms with E-state index in [0.29, 0.717) is 11.3 Å². The quantitative estimate of drug-likeness (QED) is 0.745. The smallest absolute Gasteiger partial charge is 0.179 e. The number of nitrogens with one attached hydrogen (secondary N) is 1. The second kappa shape index (κ2) is 5.07. The molecule has 4 nitrogen and oxygen atoms in total. The minimum atomic E-state index is 0.685. The number of halogens is 1. The van der Waals surface area contributed by atoms with Crippen molar-refractivity contribution in [2.45, 2.75) is 26.9 Å². The van der Waals surface area contributed by atoms with Crippen LogP contribution in [0.1, 0.15) is 18.2 Å². The number of aromatic nitrogens is 4.